The molecule has 0 amide bonds. The van der Waals surface area contributed by atoms with Gasteiger partial charge in [0.15, 0.2) is 5.76 Å². The smallest absolute Gasteiger partial charge is 0.157 e. The van der Waals surface area contributed by atoms with Crippen LogP contribution in [0.4, 0.5) is 0 Å². The molecule has 0 aliphatic heterocycles. The molecule has 3 nitrogen and oxygen atoms in total. The SMILES string of the molecule is Cc1onnc1CC(C)C. The Bertz CT molecular complexity index is 205. The molecule has 0 N–H and O–H groups in total. The summed E-state index contributed by atoms with van der Waals surface area (Å²) in [7, 11) is 0. The molecule has 0 saturated heterocycles. The number of rotatable bonds is 2. The van der Waals surface area contributed by atoms with Crippen LogP contribution in [0.1, 0.15) is 25.3 Å². The maximum Gasteiger partial charge on any atom is 0.157 e. The predicted octanol–water partition coefficient (Wildman–Crippen LogP) is 1.58. The Kier molecular flexibility index (Phi) is 2.04. The van der Waals surface area contributed by atoms with Gasteiger partial charge in [-0.1, -0.05) is 13.8 Å². The van der Waals surface area contributed by atoms with Crippen LogP contribution in [0.15, 0.2) is 4.52 Å². The van der Waals surface area contributed by atoms with Gasteiger partial charge in [0.05, 0.1) is 0 Å². The van der Waals surface area contributed by atoms with E-state index in [4.69, 9.17) is 4.52 Å². The van der Waals surface area contributed by atoms with E-state index >= 15 is 0 Å². The fourth-order valence-electron chi connectivity index (χ4n) is 0.825. The van der Waals surface area contributed by atoms with Gasteiger partial charge in [0, 0.05) is 5.27 Å². The second-order valence-electron chi connectivity index (χ2n) is 2.87. The molecule has 0 fully saturated rings. The number of nitrogens with zero attached hydrogens (tertiary/aromatic N) is 2. The largest absolute Gasteiger partial charge is 0.342 e. The van der Waals surface area contributed by atoms with Gasteiger partial charge >= 0.3 is 0 Å². The zero-order valence-electron chi connectivity index (χ0n) is 6.59. The molecular weight excluding hydrogens is 128 g/mol. The van der Waals surface area contributed by atoms with Crippen molar-refractivity contribution >= 4 is 0 Å². The summed E-state index contributed by atoms with van der Waals surface area (Å²) in [6.45, 7) is 6.18. The number of aryl methyl sites for hydroxylation is 1. The molecule has 0 saturated carbocycles. The average Bonchev–Trinajstić information content (AvgIpc) is 2.15. The van der Waals surface area contributed by atoms with Crippen LogP contribution in [0.5, 0.6) is 0 Å². The van der Waals surface area contributed by atoms with Crippen molar-refractivity contribution in [1.82, 2.24) is 10.4 Å². The van der Waals surface area contributed by atoms with Gasteiger partial charge in [-0.05, 0) is 19.3 Å². The van der Waals surface area contributed by atoms with Crippen molar-refractivity contribution in [3.63, 3.8) is 0 Å². The lowest BCUT2D eigenvalue weighted by Gasteiger charge is -1.98. The molecule has 1 heterocycles. The molecule has 1 aromatic rings. The summed E-state index contributed by atoms with van der Waals surface area (Å²) in [6, 6.07) is 0. The van der Waals surface area contributed by atoms with Gasteiger partial charge in [-0.25, -0.2) is 0 Å². The molecule has 10 heavy (non-hydrogen) atoms. The van der Waals surface area contributed by atoms with Crippen molar-refractivity contribution in [3.8, 4) is 0 Å². The van der Waals surface area contributed by atoms with E-state index in [9.17, 15) is 0 Å². The zero-order chi connectivity index (χ0) is 7.56. The Hall–Kier alpha value is -0.860. The van der Waals surface area contributed by atoms with E-state index in [1.54, 1.807) is 0 Å². The van der Waals surface area contributed by atoms with Crippen molar-refractivity contribution < 1.29 is 4.52 Å². The van der Waals surface area contributed by atoms with Crippen LogP contribution >= 0.6 is 0 Å². The lowest BCUT2D eigenvalue weighted by Crippen LogP contribution is -1.95. The van der Waals surface area contributed by atoms with E-state index < -0.39 is 0 Å². The monoisotopic (exact) mass is 140 g/mol. The fourth-order valence-corrected chi connectivity index (χ4v) is 0.825. The Labute approximate surface area is 60.4 Å². The fraction of sp³-hybridized carbons (Fsp3) is 0.714. The van der Waals surface area contributed by atoms with E-state index in [2.05, 4.69) is 24.2 Å². The molecule has 0 aliphatic rings. The summed E-state index contributed by atoms with van der Waals surface area (Å²) in [5.74, 6) is 1.46. The first-order chi connectivity index (χ1) is 4.70. The Morgan fingerprint density at radius 2 is 2.20 bits per heavy atom. The quantitative estimate of drug-likeness (QED) is 0.626. The molecule has 56 valence electrons. The molecule has 0 aliphatic carbocycles. The van der Waals surface area contributed by atoms with Crippen molar-refractivity contribution in [1.29, 1.82) is 0 Å². The average molecular weight is 140 g/mol. The Morgan fingerprint density at radius 3 is 2.60 bits per heavy atom. The highest BCUT2D eigenvalue weighted by molar-refractivity contribution is 5.02. The van der Waals surface area contributed by atoms with Crippen LogP contribution < -0.4 is 0 Å². The molecule has 0 aromatic carbocycles. The first kappa shape index (κ1) is 7.25. The molecule has 1 rings (SSSR count). The topological polar surface area (TPSA) is 38.9 Å². The van der Waals surface area contributed by atoms with Crippen molar-refractivity contribution in [3.05, 3.63) is 11.5 Å². The molecular formula is C7H12N2O. The first-order valence-corrected chi connectivity index (χ1v) is 3.48. The highest BCUT2D eigenvalue weighted by Gasteiger charge is 2.05. The van der Waals surface area contributed by atoms with E-state index in [0.29, 0.717) is 5.92 Å². The summed E-state index contributed by atoms with van der Waals surface area (Å²) in [6.07, 6.45) is 0.954. The number of hydrogen-bond acceptors (Lipinski definition) is 3. The van der Waals surface area contributed by atoms with Crippen molar-refractivity contribution in [2.75, 3.05) is 0 Å². The number of aromatic nitrogens is 2. The predicted molar refractivity (Wildman–Crippen MR) is 37.6 cm³/mol. The maximum absolute atomic E-state index is 4.80. The highest BCUT2D eigenvalue weighted by atomic mass is 16.5. The number of hydrogen-bond donors (Lipinski definition) is 0. The molecule has 0 atom stereocenters. The van der Waals surface area contributed by atoms with E-state index in [1.807, 2.05) is 6.92 Å². The van der Waals surface area contributed by atoms with Gasteiger partial charge in [0.25, 0.3) is 0 Å². The summed E-state index contributed by atoms with van der Waals surface area (Å²) in [4.78, 5) is 0. The third-order valence-electron chi connectivity index (χ3n) is 1.35. The van der Waals surface area contributed by atoms with E-state index in [-0.39, 0.29) is 0 Å². The molecule has 0 spiro atoms. The molecule has 3 heteroatoms. The van der Waals surface area contributed by atoms with Gasteiger partial charge in [-0.2, -0.15) is 0 Å². The zero-order valence-corrected chi connectivity index (χ0v) is 6.59. The van der Waals surface area contributed by atoms with Gasteiger partial charge in [0.1, 0.15) is 5.69 Å². The lowest BCUT2D eigenvalue weighted by atomic mass is 10.1. The van der Waals surface area contributed by atoms with Gasteiger partial charge in [0.2, 0.25) is 0 Å². The van der Waals surface area contributed by atoms with Crippen LogP contribution in [-0.4, -0.2) is 10.4 Å². The minimum atomic E-state index is 0.616. The van der Waals surface area contributed by atoms with Gasteiger partial charge in [-0.3, -0.25) is 0 Å². The minimum Gasteiger partial charge on any atom is -0.342 e. The van der Waals surface area contributed by atoms with Crippen LogP contribution in [-0.2, 0) is 6.42 Å². The van der Waals surface area contributed by atoms with Crippen LogP contribution in [0.2, 0.25) is 0 Å². The van der Waals surface area contributed by atoms with Crippen molar-refractivity contribution in [2.45, 2.75) is 27.2 Å². The van der Waals surface area contributed by atoms with Crippen LogP contribution in [0.3, 0.4) is 0 Å². The first-order valence-electron chi connectivity index (χ1n) is 3.48. The summed E-state index contributed by atoms with van der Waals surface area (Å²) in [5, 5.41) is 7.29. The Balaban J connectivity index is 2.65. The second-order valence-corrected chi connectivity index (χ2v) is 2.87. The minimum absolute atomic E-state index is 0.616. The third kappa shape index (κ3) is 1.56. The molecule has 1 aromatic heterocycles. The summed E-state index contributed by atoms with van der Waals surface area (Å²) >= 11 is 0. The summed E-state index contributed by atoms with van der Waals surface area (Å²) in [5.41, 5.74) is 0.981. The molecule has 0 bridgehead atoms. The normalized spacial score (nSPS) is 10.8. The Morgan fingerprint density at radius 1 is 1.50 bits per heavy atom. The van der Waals surface area contributed by atoms with Gasteiger partial charge in [-0.15, -0.1) is 5.10 Å². The molecule has 0 radical (unpaired) electrons. The van der Waals surface area contributed by atoms with Crippen LogP contribution in [0.25, 0.3) is 0 Å². The van der Waals surface area contributed by atoms with E-state index in [0.717, 1.165) is 17.9 Å². The lowest BCUT2D eigenvalue weighted by molar-refractivity contribution is 0.373. The van der Waals surface area contributed by atoms with Crippen molar-refractivity contribution in [2.24, 2.45) is 5.92 Å². The molecule has 0 unspecified atom stereocenters. The highest BCUT2D eigenvalue weighted by Crippen LogP contribution is 2.08. The third-order valence-corrected chi connectivity index (χ3v) is 1.35. The summed E-state index contributed by atoms with van der Waals surface area (Å²) < 4.78 is 4.80. The van der Waals surface area contributed by atoms with E-state index in [1.165, 1.54) is 0 Å². The standard InChI is InChI=1S/C7H12N2O/c1-5(2)4-7-6(3)10-9-8-7/h5H,4H2,1-3H3. The maximum atomic E-state index is 4.80. The van der Waals surface area contributed by atoms with Gasteiger partial charge < -0.3 is 4.52 Å². The van der Waals surface area contributed by atoms with Crippen LogP contribution in [0, 0.1) is 12.8 Å². The second kappa shape index (κ2) is 2.82.